The van der Waals surface area contributed by atoms with Gasteiger partial charge in [-0.1, -0.05) is 33.6 Å². The van der Waals surface area contributed by atoms with Crippen molar-refractivity contribution in [3.05, 3.63) is 17.5 Å². The van der Waals surface area contributed by atoms with Crippen molar-refractivity contribution in [2.45, 2.75) is 58.0 Å². The molecule has 5 heteroatoms. The van der Waals surface area contributed by atoms with Gasteiger partial charge in [-0.05, 0) is 18.9 Å². The van der Waals surface area contributed by atoms with E-state index in [0.717, 1.165) is 31.4 Å². The van der Waals surface area contributed by atoms with Crippen LogP contribution in [0.1, 0.15) is 62.6 Å². The quantitative estimate of drug-likeness (QED) is 0.932. The number of aliphatic hydroxyl groups excluding tert-OH is 1. The lowest BCUT2D eigenvalue weighted by atomic mass is 9.86. The lowest BCUT2D eigenvalue weighted by Crippen LogP contribution is -2.38. The largest absolute Gasteiger partial charge is 0.393 e. The highest BCUT2D eigenvalue weighted by Gasteiger charge is 2.28. The molecule has 0 aromatic carbocycles. The van der Waals surface area contributed by atoms with Gasteiger partial charge >= 0.3 is 0 Å². The van der Waals surface area contributed by atoms with Gasteiger partial charge in [-0.25, -0.2) is 0 Å². The van der Waals surface area contributed by atoms with E-state index in [1.807, 2.05) is 20.2 Å². The first-order chi connectivity index (χ1) is 10.2. The first-order valence-corrected chi connectivity index (χ1v) is 8.18. The molecule has 0 spiro atoms. The average molecular weight is 307 g/mol. The average Bonchev–Trinajstić information content (AvgIpc) is 2.82. The summed E-state index contributed by atoms with van der Waals surface area (Å²) in [7, 11) is 3.62. The summed E-state index contributed by atoms with van der Waals surface area (Å²) >= 11 is 0. The van der Waals surface area contributed by atoms with E-state index < -0.39 is 0 Å². The molecule has 1 aliphatic carbocycles. The maximum atomic E-state index is 12.7. The van der Waals surface area contributed by atoms with E-state index in [2.05, 4.69) is 25.9 Å². The fourth-order valence-corrected chi connectivity index (χ4v) is 3.07. The Hall–Kier alpha value is -1.36. The van der Waals surface area contributed by atoms with Crippen molar-refractivity contribution >= 4 is 5.91 Å². The van der Waals surface area contributed by atoms with E-state index in [9.17, 15) is 9.90 Å². The van der Waals surface area contributed by atoms with Crippen LogP contribution >= 0.6 is 0 Å². The number of nitrogens with zero attached hydrogens (tertiary/aromatic N) is 3. The minimum atomic E-state index is -0.277. The van der Waals surface area contributed by atoms with Gasteiger partial charge < -0.3 is 10.0 Å². The number of carbonyl (C=O) groups excluding carboxylic acids is 1. The number of aromatic nitrogens is 2. The summed E-state index contributed by atoms with van der Waals surface area (Å²) in [5.41, 5.74) is 1.45. The van der Waals surface area contributed by atoms with Crippen molar-refractivity contribution in [1.29, 1.82) is 0 Å². The molecule has 2 atom stereocenters. The van der Waals surface area contributed by atoms with Crippen LogP contribution in [0.25, 0.3) is 0 Å². The topological polar surface area (TPSA) is 58.4 Å². The fraction of sp³-hybridized carbons (Fsp3) is 0.765. The number of aryl methyl sites for hydroxylation is 1. The standard InChI is InChI=1S/C17H29N3O2/c1-17(2,3)15-10-13(20(5)18-15)16(22)19(4)11-12-8-6-7-9-14(12)21/h10,12,14,21H,6-9,11H2,1-5H3. The minimum Gasteiger partial charge on any atom is -0.393 e. The van der Waals surface area contributed by atoms with E-state index in [0.29, 0.717) is 12.2 Å². The Morgan fingerprint density at radius 1 is 1.41 bits per heavy atom. The van der Waals surface area contributed by atoms with Gasteiger partial charge in [0.2, 0.25) is 0 Å². The molecule has 124 valence electrons. The third kappa shape index (κ3) is 3.69. The molecule has 1 fully saturated rings. The molecule has 22 heavy (non-hydrogen) atoms. The summed E-state index contributed by atoms with van der Waals surface area (Å²) in [6.45, 7) is 6.87. The monoisotopic (exact) mass is 307 g/mol. The molecule has 1 saturated carbocycles. The smallest absolute Gasteiger partial charge is 0.271 e. The summed E-state index contributed by atoms with van der Waals surface area (Å²) in [6.07, 6.45) is 3.81. The molecule has 1 N–H and O–H groups in total. The molecule has 5 nitrogen and oxygen atoms in total. The van der Waals surface area contributed by atoms with Crippen LogP contribution < -0.4 is 0 Å². The molecule has 1 heterocycles. The van der Waals surface area contributed by atoms with Gasteiger partial charge in [0.25, 0.3) is 5.91 Å². The molecule has 0 bridgehead atoms. The van der Waals surface area contributed by atoms with Gasteiger partial charge in [0.1, 0.15) is 5.69 Å². The van der Waals surface area contributed by atoms with Crippen LogP contribution in [-0.2, 0) is 12.5 Å². The van der Waals surface area contributed by atoms with Crippen molar-refractivity contribution in [3.8, 4) is 0 Å². The van der Waals surface area contributed by atoms with Gasteiger partial charge in [0.05, 0.1) is 11.8 Å². The van der Waals surface area contributed by atoms with Gasteiger partial charge in [-0.3, -0.25) is 9.48 Å². The van der Waals surface area contributed by atoms with Gasteiger partial charge in [-0.2, -0.15) is 5.10 Å². The molecule has 1 aliphatic rings. The summed E-state index contributed by atoms with van der Waals surface area (Å²) in [5.74, 6) is 0.168. The Morgan fingerprint density at radius 3 is 2.59 bits per heavy atom. The molecule has 0 saturated heterocycles. The lowest BCUT2D eigenvalue weighted by Gasteiger charge is -2.31. The van der Waals surface area contributed by atoms with E-state index in [4.69, 9.17) is 0 Å². The van der Waals surface area contributed by atoms with Crippen LogP contribution in [0.15, 0.2) is 6.07 Å². The Morgan fingerprint density at radius 2 is 2.05 bits per heavy atom. The summed E-state index contributed by atoms with van der Waals surface area (Å²) in [4.78, 5) is 14.4. The minimum absolute atomic E-state index is 0.0247. The van der Waals surface area contributed by atoms with E-state index in [1.165, 1.54) is 0 Å². The predicted molar refractivity (Wildman–Crippen MR) is 86.8 cm³/mol. The Balaban J connectivity index is 2.09. The van der Waals surface area contributed by atoms with Crippen molar-refractivity contribution in [3.63, 3.8) is 0 Å². The fourth-order valence-electron chi connectivity index (χ4n) is 3.07. The molecule has 2 rings (SSSR count). The number of amides is 1. The van der Waals surface area contributed by atoms with Crippen molar-refractivity contribution < 1.29 is 9.90 Å². The number of hydrogen-bond acceptors (Lipinski definition) is 3. The first kappa shape index (κ1) is 17.0. The normalized spacial score (nSPS) is 22.6. The van der Waals surface area contributed by atoms with Crippen LogP contribution in [0.3, 0.4) is 0 Å². The number of carbonyl (C=O) groups is 1. The molecule has 2 unspecified atom stereocenters. The summed E-state index contributed by atoms with van der Waals surface area (Å²) < 4.78 is 1.66. The number of aliphatic hydroxyl groups is 1. The molecule has 1 aromatic heterocycles. The predicted octanol–water partition coefficient (Wildman–Crippen LogP) is 2.34. The Bertz CT molecular complexity index is 530. The maximum Gasteiger partial charge on any atom is 0.271 e. The third-order valence-electron chi connectivity index (χ3n) is 4.59. The molecule has 1 amide bonds. The van der Waals surface area contributed by atoms with Crippen LogP contribution in [0.4, 0.5) is 0 Å². The zero-order chi connectivity index (χ0) is 16.5. The van der Waals surface area contributed by atoms with Crippen molar-refractivity contribution in [2.75, 3.05) is 13.6 Å². The SMILES string of the molecule is CN(CC1CCCCC1O)C(=O)c1cc(C(C)(C)C)nn1C. The molecular formula is C17H29N3O2. The summed E-state index contributed by atoms with van der Waals surface area (Å²) in [5, 5.41) is 14.5. The Kier molecular flexibility index (Phi) is 4.95. The van der Waals surface area contributed by atoms with Crippen molar-refractivity contribution in [2.24, 2.45) is 13.0 Å². The van der Waals surface area contributed by atoms with E-state index >= 15 is 0 Å². The number of hydrogen-bond donors (Lipinski definition) is 1. The zero-order valence-electron chi connectivity index (χ0n) is 14.5. The second-order valence-electron chi connectivity index (χ2n) is 7.59. The molecular weight excluding hydrogens is 278 g/mol. The molecule has 0 radical (unpaired) electrons. The maximum absolute atomic E-state index is 12.7. The van der Waals surface area contributed by atoms with Crippen LogP contribution in [0.2, 0.25) is 0 Å². The van der Waals surface area contributed by atoms with Gasteiger partial charge in [0.15, 0.2) is 0 Å². The second kappa shape index (κ2) is 6.41. The Labute approximate surface area is 133 Å². The molecule has 1 aromatic rings. The zero-order valence-corrected chi connectivity index (χ0v) is 14.5. The lowest BCUT2D eigenvalue weighted by molar-refractivity contribution is 0.0446. The van der Waals surface area contributed by atoms with E-state index in [-0.39, 0.29) is 23.3 Å². The highest BCUT2D eigenvalue weighted by molar-refractivity contribution is 5.92. The first-order valence-electron chi connectivity index (χ1n) is 8.18. The van der Waals surface area contributed by atoms with Crippen LogP contribution in [0, 0.1) is 5.92 Å². The number of rotatable bonds is 3. The highest BCUT2D eigenvalue weighted by atomic mass is 16.3. The van der Waals surface area contributed by atoms with Gasteiger partial charge in [0, 0.05) is 32.0 Å². The summed E-state index contributed by atoms with van der Waals surface area (Å²) in [6, 6.07) is 1.89. The third-order valence-corrected chi connectivity index (χ3v) is 4.59. The molecule has 0 aliphatic heterocycles. The van der Waals surface area contributed by atoms with Gasteiger partial charge in [-0.15, -0.1) is 0 Å². The second-order valence-corrected chi connectivity index (χ2v) is 7.59. The van der Waals surface area contributed by atoms with Crippen molar-refractivity contribution in [1.82, 2.24) is 14.7 Å². The van der Waals surface area contributed by atoms with E-state index in [1.54, 1.807) is 9.58 Å². The highest BCUT2D eigenvalue weighted by Crippen LogP contribution is 2.26. The van der Waals surface area contributed by atoms with Crippen LogP contribution in [-0.4, -0.2) is 45.4 Å². The van der Waals surface area contributed by atoms with Crippen LogP contribution in [0.5, 0.6) is 0 Å².